The van der Waals surface area contributed by atoms with E-state index < -0.39 is 6.10 Å². The molecule has 0 saturated heterocycles. The molecule has 1 amide bonds. The summed E-state index contributed by atoms with van der Waals surface area (Å²) in [5.41, 5.74) is 0. The van der Waals surface area contributed by atoms with E-state index in [1.165, 1.54) is 37.8 Å². The van der Waals surface area contributed by atoms with Gasteiger partial charge in [0.1, 0.15) is 5.75 Å². The van der Waals surface area contributed by atoms with Gasteiger partial charge in [0, 0.05) is 12.6 Å². The molecular formula is C17H24Cl3NO2. The van der Waals surface area contributed by atoms with Crippen molar-refractivity contribution in [3.63, 3.8) is 0 Å². The number of unbranched alkanes of at least 4 members (excludes halogenated alkanes) is 5. The number of amides is 1. The second kappa shape index (κ2) is 11.0. The molecule has 130 valence electrons. The Morgan fingerprint density at radius 1 is 1.04 bits per heavy atom. The van der Waals surface area contributed by atoms with Gasteiger partial charge in [-0.05, 0) is 19.4 Å². The van der Waals surface area contributed by atoms with E-state index in [2.05, 4.69) is 12.2 Å². The lowest BCUT2D eigenvalue weighted by molar-refractivity contribution is -0.127. The van der Waals surface area contributed by atoms with Gasteiger partial charge < -0.3 is 10.1 Å². The fraction of sp³-hybridized carbons (Fsp3) is 0.588. The van der Waals surface area contributed by atoms with Crippen LogP contribution in [0.1, 0.15) is 52.4 Å². The summed E-state index contributed by atoms with van der Waals surface area (Å²) >= 11 is 17.8. The van der Waals surface area contributed by atoms with E-state index in [1.807, 2.05) is 0 Å². The monoisotopic (exact) mass is 379 g/mol. The van der Waals surface area contributed by atoms with Gasteiger partial charge in [-0.25, -0.2) is 0 Å². The fourth-order valence-electron chi connectivity index (χ4n) is 2.10. The van der Waals surface area contributed by atoms with E-state index in [-0.39, 0.29) is 5.91 Å². The van der Waals surface area contributed by atoms with Crippen molar-refractivity contribution >= 4 is 40.7 Å². The topological polar surface area (TPSA) is 38.3 Å². The van der Waals surface area contributed by atoms with Crippen LogP contribution in [0.3, 0.4) is 0 Å². The van der Waals surface area contributed by atoms with Crippen molar-refractivity contribution in [1.29, 1.82) is 0 Å². The maximum absolute atomic E-state index is 12.0. The second-order valence-electron chi connectivity index (χ2n) is 5.52. The molecule has 6 heteroatoms. The first kappa shape index (κ1) is 20.4. The van der Waals surface area contributed by atoms with Crippen molar-refractivity contribution in [3.05, 3.63) is 27.2 Å². The molecule has 1 N–H and O–H groups in total. The summed E-state index contributed by atoms with van der Waals surface area (Å²) in [4.78, 5) is 12.0. The second-order valence-corrected chi connectivity index (χ2v) is 6.74. The molecule has 0 aliphatic rings. The van der Waals surface area contributed by atoms with Gasteiger partial charge in [-0.15, -0.1) is 0 Å². The Balaban J connectivity index is 2.33. The van der Waals surface area contributed by atoms with Gasteiger partial charge in [0.05, 0.1) is 15.1 Å². The van der Waals surface area contributed by atoms with Crippen LogP contribution in [0.2, 0.25) is 15.1 Å². The molecule has 1 atom stereocenters. The highest BCUT2D eigenvalue weighted by Crippen LogP contribution is 2.34. The molecule has 0 spiro atoms. The Labute approximate surface area is 153 Å². The summed E-state index contributed by atoms with van der Waals surface area (Å²) in [7, 11) is 0. The van der Waals surface area contributed by atoms with Gasteiger partial charge in [-0.3, -0.25) is 4.79 Å². The summed E-state index contributed by atoms with van der Waals surface area (Å²) in [5.74, 6) is 0.184. The van der Waals surface area contributed by atoms with Crippen LogP contribution in [0.5, 0.6) is 5.75 Å². The van der Waals surface area contributed by atoms with Crippen molar-refractivity contribution in [3.8, 4) is 5.75 Å². The molecule has 1 unspecified atom stereocenters. The number of benzene rings is 1. The third-order valence-electron chi connectivity index (χ3n) is 3.48. The molecule has 1 aromatic carbocycles. The van der Waals surface area contributed by atoms with E-state index in [1.54, 1.807) is 6.92 Å². The zero-order chi connectivity index (χ0) is 17.2. The standard InChI is InChI=1S/C17H24Cl3NO2/c1-3-4-5-6-7-8-9-21-17(22)12(2)23-16-11-14(19)13(18)10-15(16)20/h10-12H,3-9H2,1-2H3,(H,21,22). The van der Waals surface area contributed by atoms with E-state index in [0.717, 1.165) is 12.8 Å². The first-order chi connectivity index (χ1) is 11.0. The average Bonchev–Trinajstić information content (AvgIpc) is 2.51. The third kappa shape index (κ3) is 7.65. The van der Waals surface area contributed by atoms with Crippen molar-refractivity contribution in [2.75, 3.05) is 6.54 Å². The lowest BCUT2D eigenvalue weighted by atomic mass is 10.1. The van der Waals surface area contributed by atoms with Gasteiger partial charge >= 0.3 is 0 Å². The predicted octanol–water partition coefficient (Wildman–Crippen LogP) is 5.89. The Kier molecular flexibility index (Phi) is 9.77. The Morgan fingerprint density at radius 3 is 2.35 bits per heavy atom. The smallest absolute Gasteiger partial charge is 0.260 e. The highest BCUT2D eigenvalue weighted by molar-refractivity contribution is 6.43. The van der Waals surface area contributed by atoms with Crippen LogP contribution in [0.25, 0.3) is 0 Å². The summed E-state index contributed by atoms with van der Waals surface area (Å²) in [6.07, 6.45) is 6.47. The Bertz CT molecular complexity index is 509. The van der Waals surface area contributed by atoms with Crippen molar-refractivity contribution in [2.45, 2.75) is 58.5 Å². The molecule has 0 heterocycles. The van der Waals surface area contributed by atoms with Crippen LogP contribution < -0.4 is 10.1 Å². The van der Waals surface area contributed by atoms with Gasteiger partial charge in [0.2, 0.25) is 0 Å². The fourth-order valence-corrected chi connectivity index (χ4v) is 2.68. The Hall–Kier alpha value is -0.640. The average molecular weight is 381 g/mol. The molecule has 0 aliphatic carbocycles. The molecule has 0 aromatic heterocycles. The van der Waals surface area contributed by atoms with Crippen LogP contribution in [0.4, 0.5) is 0 Å². The molecule has 1 rings (SSSR count). The zero-order valence-electron chi connectivity index (χ0n) is 13.6. The normalized spacial score (nSPS) is 12.0. The number of hydrogen-bond donors (Lipinski definition) is 1. The highest BCUT2D eigenvalue weighted by Gasteiger charge is 2.16. The van der Waals surface area contributed by atoms with Crippen LogP contribution in [-0.4, -0.2) is 18.6 Å². The van der Waals surface area contributed by atoms with E-state index in [4.69, 9.17) is 39.5 Å². The lowest BCUT2D eigenvalue weighted by Gasteiger charge is -2.16. The van der Waals surface area contributed by atoms with Crippen molar-refractivity contribution in [2.24, 2.45) is 0 Å². The number of rotatable bonds is 10. The largest absolute Gasteiger partial charge is 0.479 e. The Morgan fingerprint density at radius 2 is 1.65 bits per heavy atom. The summed E-state index contributed by atoms with van der Waals surface area (Å²) < 4.78 is 5.57. The van der Waals surface area contributed by atoms with Crippen LogP contribution >= 0.6 is 34.8 Å². The third-order valence-corrected chi connectivity index (χ3v) is 4.49. The van der Waals surface area contributed by atoms with Gasteiger partial charge in [0.15, 0.2) is 6.10 Å². The number of carbonyl (C=O) groups excluding carboxylic acids is 1. The molecule has 0 fully saturated rings. The minimum Gasteiger partial charge on any atom is -0.479 e. The summed E-state index contributed by atoms with van der Waals surface area (Å²) in [6, 6.07) is 3.02. The van der Waals surface area contributed by atoms with Gasteiger partial charge in [-0.2, -0.15) is 0 Å². The maximum Gasteiger partial charge on any atom is 0.260 e. The number of ether oxygens (including phenoxy) is 1. The van der Waals surface area contributed by atoms with E-state index in [0.29, 0.717) is 27.4 Å². The summed E-state index contributed by atoms with van der Waals surface area (Å²) in [5, 5.41) is 3.89. The van der Waals surface area contributed by atoms with E-state index in [9.17, 15) is 4.79 Å². The molecule has 1 aromatic rings. The number of halogens is 3. The molecule has 0 saturated carbocycles. The summed E-state index contributed by atoms with van der Waals surface area (Å²) in [6.45, 7) is 4.53. The van der Waals surface area contributed by atoms with Crippen LogP contribution in [0.15, 0.2) is 12.1 Å². The quantitative estimate of drug-likeness (QED) is 0.406. The predicted molar refractivity (Wildman–Crippen MR) is 97.9 cm³/mol. The van der Waals surface area contributed by atoms with Crippen molar-refractivity contribution < 1.29 is 9.53 Å². The number of carbonyl (C=O) groups is 1. The first-order valence-electron chi connectivity index (χ1n) is 8.04. The van der Waals surface area contributed by atoms with Crippen LogP contribution in [0, 0.1) is 0 Å². The molecule has 3 nitrogen and oxygen atoms in total. The zero-order valence-corrected chi connectivity index (χ0v) is 15.9. The molecule has 0 radical (unpaired) electrons. The first-order valence-corrected chi connectivity index (χ1v) is 9.18. The molecule has 0 bridgehead atoms. The molecule has 23 heavy (non-hydrogen) atoms. The van der Waals surface area contributed by atoms with Crippen molar-refractivity contribution in [1.82, 2.24) is 5.32 Å². The number of hydrogen-bond acceptors (Lipinski definition) is 2. The van der Waals surface area contributed by atoms with Crippen LogP contribution in [-0.2, 0) is 4.79 Å². The lowest BCUT2D eigenvalue weighted by Crippen LogP contribution is -2.36. The SMILES string of the molecule is CCCCCCCCNC(=O)C(C)Oc1cc(Cl)c(Cl)cc1Cl. The maximum atomic E-state index is 12.0. The molecule has 0 aliphatic heterocycles. The highest BCUT2D eigenvalue weighted by atomic mass is 35.5. The molecular weight excluding hydrogens is 357 g/mol. The van der Waals surface area contributed by atoms with Gasteiger partial charge in [-0.1, -0.05) is 73.8 Å². The number of nitrogens with one attached hydrogen (secondary N) is 1. The minimum absolute atomic E-state index is 0.166. The minimum atomic E-state index is -0.648. The van der Waals surface area contributed by atoms with Gasteiger partial charge in [0.25, 0.3) is 5.91 Å². The van der Waals surface area contributed by atoms with E-state index >= 15 is 0 Å².